The quantitative estimate of drug-likeness (QED) is 0.897. The van der Waals surface area contributed by atoms with Crippen LogP contribution in [0.3, 0.4) is 0 Å². The van der Waals surface area contributed by atoms with Crippen molar-refractivity contribution in [2.24, 2.45) is 5.92 Å². The number of aliphatic hydroxyl groups excluding tert-OH is 1. The van der Waals surface area contributed by atoms with Gasteiger partial charge in [0.1, 0.15) is 17.2 Å². The number of methoxy groups -OCH3 is 3. The Morgan fingerprint density at radius 3 is 2.15 bits per heavy atom. The van der Waals surface area contributed by atoms with E-state index in [0.29, 0.717) is 29.4 Å². The van der Waals surface area contributed by atoms with Crippen molar-refractivity contribution in [3.63, 3.8) is 0 Å². The zero-order valence-corrected chi connectivity index (χ0v) is 12.4. The van der Waals surface area contributed by atoms with E-state index in [1.165, 1.54) is 0 Å². The second kappa shape index (κ2) is 6.33. The smallest absolute Gasteiger partial charge is 0.132 e. The SMILES string of the molecule is COc1cc(OC)c(C(O)C2COC(C)C2)c(OC)c1. The topological polar surface area (TPSA) is 57.2 Å². The van der Waals surface area contributed by atoms with Crippen LogP contribution in [0.1, 0.15) is 25.0 Å². The lowest BCUT2D eigenvalue weighted by molar-refractivity contribution is 0.0773. The minimum absolute atomic E-state index is 0.0428. The van der Waals surface area contributed by atoms with Crippen LogP contribution in [0.25, 0.3) is 0 Å². The lowest BCUT2D eigenvalue weighted by atomic mass is 9.92. The zero-order valence-electron chi connectivity index (χ0n) is 12.4. The second-order valence-corrected chi connectivity index (χ2v) is 5.03. The first-order valence-corrected chi connectivity index (χ1v) is 6.70. The van der Waals surface area contributed by atoms with Crippen LogP contribution >= 0.6 is 0 Å². The molecule has 112 valence electrons. The number of hydrogen-bond acceptors (Lipinski definition) is 5. The Morgan fingerprint density at radius 1 is 1.15 bits per heavy atom. The number of benzene rings is 1. The third-order valence-corrected chi connectivity index (χ3v) is 3.72. The van der Waals surface area contributed by atoms with Crippen LogP contribution in [-0.4, -0.2) is 39.1 Å². The van der Waals surface area contributed by atoms with Gasteiger partial charge in [0.25, 0.3) is 0 Å². The highest BCUT2D eigenvalue weighted by Crippen LogP contribution is 2.43. The van der Waals surface area contributed by atoms with Crippen molar-refractivity contribution in [3.8, 4) is 17.2 Å². The molecular weight excluding hydrogens is 260 g/mol. The van der Waals surface area contributed by atoms with Gasteiger partial charge in [0.05, 0.1) is 45.7 Å². The number of rotatable bonds is 5. The number of hydrogen-bond donors (Lipinski definition) is 1. The van der Waals surface area contributed by atoms with Gasteiger partial charge in [-0.3, -0.25) is 0 Å². The molecule has 1 fully saturated rings. The molecule has 1 aromatic rings. The van der Waals surface area contributed by atoms with Gasteiger partial charge >= 0.3 is 0 Å². The van der Waals surface area contributed by atoms with Gasteiger partial charge in [0, 0.05) is 18.1 Å². The number of ether oxygens (including phenoxy) is 4. The maximum absolute atomic E-state index is 10.6. The van der Waals surface area contributed by atoms with Crippen LogP contribution in [0.4, 0.5) is 0 Å². The first-order valence-electron chi connectivity index (χ1n) is 6.70. The lowest BCUT2D eigenvalue weighted by Crippen LogP contribution is -2.15. The normalized spacial score (nSPS) is 23.4. The summed E-state index contributed by atoms with van der Waals surface area (Å²) in [6.07, 6.45) is 0.306. The fourth-order valence-corrected chi connectivity index (χ4v) is 2.63. The van der Waals surface area contributed by atoms with Crippen molar-refractivity contribution in [1.82, 2.24) is 0 Å². The van der Waals surface area contributed by atoms with E-state index in [1.807, 2.05) is 6.92 Å². The molecular formula is C15H22O5. The van der Waals surface area contributed by atoms with E-state index in [1.54, 1.807) is 33.5 Å². The van der Waals surface area contributed by atoms with Gasteiger partial charge in [-0.2, -0.15) is 0 Å². The van der Waals surface area contributed by atoms with Gasteiger partial charge in [0.2, 0.25) is 0 Å². The van der Waals surface area contributed by atoms with Crippen molar-refractivity contribution in [1.29, 1.82) is 0 Å². The zero-order chi connectivity index (χ0) is 14.7. The van der Waals surface area contributed by atoms with Gasteiger partial charge < -0.3 is 24.1 Å². The molecule has 1 N–H and O–H groups in total. The Bertz CT molecular complexity index is 435. The van der Waals surface area contributed by atoms with E-state index in [0.717, 1.165) is 6.42 Å². The fraction of sp³-hybridized carbons (Fsp3) is 0.600. The Hall–Kier alpha value is -1.46. The molecule has 5 nitrogen and oxygen atoms in total. The molecule has 20 heavy (non-hydrogen) atoms. The van der Waals surface area contributed by atoms with Crippen molar-refractivity contribution >= 4 is 0 Å². The van der Waals surface area contributed by atoms with E-state index in [2.05, 4.69) is 0 Å². The largest absolute Gasteiger partial charge is 0.496 e. The molecule has 0 saturated carbocycles. The molecule has 0 aromatic heterocycles. The molecule has 0 aliphatic carbocycles. The highest BCUT2D eigenvalue weighted by Gasteiger charge is 2.33. The molecule has 0 radical (unpaired) electrons. The van der Waals surface area contributed by atoms with Gasteiger partial charge in [0.15, 0.2) is 0 Å². The molecule has 0 amide bonds. The van der Waals surface area contributed by atoms with Gasteiger partial charge in [-0.05, 0) is 13.3 Å². The first kappa shape index (κ1) is 14.9. The highest BCUT2D eigenvalue weighted by atomic mass is 16.5. The predicted octanol–water partition coefficient (Wildman–Crippen LogP) is 2.17. The van der Waals surface area contributed by atoms with Gasteiger partial charge in [-0.1, -0.05) is 0 Å². The monoisotopic (exact) mass is 282 g/mol. The van der Waals surface area contributed by atoms with Crippen LogP contribution in [0.5, 0.6) is 17.2 Å². The first-order chi connectivity index (χ1) is 9.60. The van der Waals surface area contributed by atoms with E-state index in [9.17, 15) is 5.11 Å². The molecule has 5 heteroatoms. The van der Waals surface area contributed by atoms with Crippen molar-refractivity contribution < 1.29 is 24.1 Å². The van der Waals surface area contributed by atoms with Crippen molar-refractivity contribution in [2.75, 3.05) is 27.9 Å². The molecule has 1 heterocycles. The molecule has 1 aliphatic heterocycles. The maximum Gasteiger partial charge on any atom is 0.132 e. The Kier molecular flexibility index (Phi) is 4.73. The Labute approximate surface area is 119 Å². The molecule has 1 aliphatic rings. The second-order valence-electron chi connectivity index (χ2n) is 5.03. The molecule has 1 aromatic carbocycles. The maximum atomic E-state index is 10.6. The van der Waals surface area contributed by atoms with Crippen LogP contribution in [0, 0.1) is 5.92 Å². The summed E-state index contributed by atoms with van der Waals surface area (Å²) in [6, 6.07) is 3.50. The van der Waals surface area contributed by atoms with Crippen molar-refractivity contribution in [3.05, 3.63) is 17.7 Å². The Balaban J connectivity index is 2.38. The summed E-state index contributed by atoms with van der Waals surface area (Å²) in [7, 11) is 4.72. The number of aliphatic hydroxyl groups is 1. The molecule has 2 rings (SSSR count). The molecule has 3 atom stereocenters. The van der Waals surface area contributed by atoms with Crippen LogP contribution in [0.2, 0.25) is 0 Å². The third kappa shape index (κ3) is 2.83. The van der Waals surface area contributed by atoms with Crippen LogP contribution < -0.4 is 14.2 Å². The summed E-state index contributed by atoms with van der Waals surface area (Å²) in [6.45, 7) is 2.55. The average molecular weight is 282 g/mol. The minimum Gasteiger partial charge on any atom is -0.496 e. The molecule has 0 spiro atoms. The molecule has 0 bridgehead atoms. The van der Waals surface area contributed by atoms with Crippen LogP contribution in [-0.2, 0) is 4.74 Å². The van der Waals surface area contributed by atoms with Crippen molar-refractivity contribution in [2.45, 2.75) is 25.6 Å². The fourth-order valence-electron chi connectivity index (χ4n) is 2.63. The summed E-state index contributed by atoms with van der Waals surface area (Å²) in [4.78, 5) is 0. The van der Waals surface area contributed by atoms with Gasteiger partial charge in [-0.15, -0.1) is 0 Å². The Morgan fingerprint density at radius 2 is 1.75 bits per heavy atom. The molecule has 1 saturated heterocycles. The summed E-state index contributed by atoms with van der Waals surface area (Å²) < 4.78 is 21.5. The van der Waals surface area contributed by atoms with Crippen LogP contribution in [0.15, 0.2) is 12.1 Å². The van der Waals surface area contributed by atoms with E-state index in [4.69, 9.17) is 18.9 Å². The molecule has 3 unspecified atom stereocenters. The van der Waals surface area contributed by atoms with E-state index >= 15 is 0 Å². The summed E-state index contributed by atoms with van der Waals surface area (Å²) in [5.74, 6) is 1.80. The predicted molar refractivity (Wildman–Crippen MR) is 74.6 cm³/mol. The summed E-state index contributed by atoms with van der Waals surface area (Å²) >= 11 is 0. The minimum atomic E-state index is -0.684. The van der Waals surface area contributed by atoms with Gasteiger partial charge in [-0.25, -0.2) is 0 Å². The summed E-state index contributed by atoms with van der Waals surface area (Å²) in [5.41, 5.74) is 0.651. The highest BCUT2D eigenvalue weighted by molar-refractivity contribution is 5.52. The lowest BCUT2D eigenvalue weighted by Gasteiger charge is -2.22. The van der Waals surface area contributed by atoms with E-state index < -0.39 is 6.10 Å². The third-order valence-electron chi connectivity index (χ3n) is 3.72. The summed E-state index contributed by atoms with van der Waals surface area (Å²) in [5, 5.41) is 10.6. The standard InChI is InChI=1S/C15H22O5/c1-9-5-10(8-20-9)15(16)14-12(18-3)6-11(17-2)7-13(14)19-4/h6-7,9-10,15-16H,5,8H2,1-4H3. The average Bonchev–Trinajstić information content (AvgIpc) is 2.91. The van der Waals surface area contributed by atoms with E-state index in [-0.39, 0.29) is 12.0 Å².